The number of benzene rings is 2. The van der Waals surface area contributed by atoms with E-state index in [9.17, 15) is 19.8 Å². The smallest absolute Gasteiger partial charge is 0.323 e. The summed E-state index contributed by atoms with van der Waals surface area (Å²) in [5.41, 5.74) is 2.29. The molecule has 1 heterocycles. The van der Waals surface area contributed by atoms with E-state index in [1.807, 2.05) is 30.3 Å². The Kier molecular flexibility index (Phi) is 6.41. The van der Waals surface area contributed by atoms with Crippen molar-refractivity contribution in [1.29, 1.82) is 0 Å². The molecule has 0 bridgehead atoms. The summed E-state index contributed by atoms with van der Waals surface area (Å²) in [6.07, 6.45) is 1.51. The van der Waals surface area contributed by atoms with Crippen molar-refractivity contribution in [3.8, 4) is 11.3 Å². The first-order valence-electron chi connectivity index (χ1n) is 9.33. The third-order valence-corrected chi connectivity index (χ3v) is 4.56. The largest absolute Gasteiger partial charge is 0.480 e. The van der Waals surface area contributed by atoms with E-state index >= 15 is 0 Å². The quantitative estimate of drug-likeness (QED) is 0.544. The van der Waals surface area contributed by atoms with Gasteiger partial charge in [0.05, 0.1) is 18.0 Å². The Balaban J connectivity index is 1.90. The van der Waals surface area contributed by atoms with Crippen molar-refractivity contribution in [3.05, 3.63) is 82.3 Å². The van der Waals surface area contributed by atoms with Crippen LogP contribution in [0.5, 0.6) is 0 Å². The predicted octanol–water partition coefficient (Wildman–Crippen LogP) is 2.70. The maximum absolute atomic E-state index is 12.9. The summed E-state index contributed by atoms with van der Waals surface area (Å²) in [5, 5.41) is 22.1. The van der Waals surface area contributed by atoms with Crippen molar-refractivity contribution in [2.24, 2.45) is 0 Å². The minimum absolute atomic E-state index is 0.109. The highest BCUT2D eigenvalue weighted by atomic mass is 16.4. The summed E-state index contributed by atoms with van der Waals surface area (Å²) in [6.45, 7) is 1.65. The maximum Gasteiger partial charge on any atom is 0.323 e. The molecule has 1 unspecified atom stereocenters. The van der Waals surface area contributed by atoms with E-state index in [0.717, 1.165) is 5.56 Å². The Morgan fingerprint density at radius 2 is 1.93 bits per heavy atom. The summed E-state index contributed by atoms with van der Waals surface area (Å²) in [6, 6.07) is 16.8. The fraction of sp³-hybridized carbons (Fsp3) is 0.227. The molecule has 1 atom stereocenters. The lowest BCUT2D eigenvalue weighted by molar-refractivity contribution is -0.137. The molecule has 150 valence electrons. The first kappa shape index (κ1) is 20.3. The number of aromatic nitrogens is 2. The van der Waals surface area contributed by atoms with Gasteiger partial charge in [0.2, 0.25) is 0 Å². The lowest BCUT2D eigenvalue weighted by Crippen LogP contribution is -2.29. The number of aliphatic carboxylic acids is 1. The van der Waals surface area contributed by atoms with Crippen LogP contribution in [0.2, 0.25) is 0 Å². The van der Waals surface area contributed by atoms with Gasteiger partial charge in [0, 0.05) is 12.1 Å². The molecule has 1 aromatic heterocycles. The topological polar surface area (TPSA) is 104 Å². The number of nitrogens with one attached hydrogen (secondary N) is 1. The van der Waals surface area contributed by atoms with Crippen LogP contribution in [0.3, 0.4) is 0 Å². The van der Waals surface area contributed by atoms with E-state index in [1.165, 1.54) is 10.8 Å². The molecule has 0 fully saturated rings. The molecule has 7 nitrogen and oxygen atoms in total. The van der Waals surface area contributed by atoms with Crippen LogP contribution in [-0.2, 0) is 17.8 Å². The van der Waals surface area contributed by atoms with Crippen molar-refractivity contribution in [3.63, 3.8) is 0 Å². The van der Waals surface area contributed by atoms with Crippen LogP contribution in [0.25, 0.3) is 11.3 Å². The number of carbonyl (C=O) groups is 1. The number of carboxylic acids is 1. The molecule has 0 saturated heterocycles. The summed E-state index contributed by atoms with van der Waals surface area (Å²) in [7, 11) is 0. The number of aliphatic hydroxyl groups excluding tert-OH is 1. The van der Waals surface area contributed by atoms with Gasteiger partial charge in [-0.3, -0.25) is 14.2 Å². The van der Waals surface area contributed by atoms with Crippen LogP contribution in [0.4, 0.5) is 5.82 Å². The lowest BCUT2D eigenvalue weighted by atomic mass is 10.0. The van der Waals surface area contributed by atoms with Gasteiger partial charge in [0.15, 0.2) is 5.82 Å². The van der Waals surface area contributed by atoms with Crippen molar-refractivity contribution >= 4 is 11.8 Å². The summed E-state index contributed by atoms with van der Waals surface area (Å²) in [5.74, 6) is -1.01. The zero-order valence-corrected chi connectivity index (χ0v) is 16.1. The molecule has 0 saturated carbocycles. The third kappa shape index (κ3) is 5.08. The van der Waals surface area contributed by atoms with E-state index in [0.29, 0.717) is 29.8 Å². The molecule has 7 heteroatoms. The lowest BCUT2D eigenvalue weighted by Gasteiger charge is -2.14. The van der Waals surface area contributed by atoms with Gasteiger partial charge in [-0.25, -0.2) is 4.98 Å². The molecular formula is C22H23N3O4. The Hall–Kier alpha value is -3.45. The van der Waals surface area contributed by atoms with Gasteiger partial charge in [0.1, 0.15) is 6.54 Å². The first-order valence-corrected chi connectivity index (χ1v) is 9.33. The van der Waals surface area contributed by atoms with Crippen LogP contribution in [0.15, 0.2) is 65.6 Å². The number of rotatable bonds is 8. The van der Waals surface area contributed by atoms with Crippen LogP contribution >= 0.6 is 0 Å². The third-order valence-electron chi connectivity index (χ3n) is 4.56. The standard InChI is InChI=1S/C22H23N3O4/c1-15(26)17-8-5-9-18(12-17)19-13-24-21(22(29)25(19)14-20(27)28)23-11-10-16-6-3-2-4-7-16/h2-9,12-13,15,26H,10-11,14H2,1H3,(H,23,24)(H,27,28). The highest BCUT2D eigenvalue weighted by molar-refractivity contribution is 5.69. The van der Waals surface area contributed by atoms with Gasteiger partial charge in [-0.1, -0.05) is 48.5 Å². The summed E-state index contributed by atoms with van der Waals surface area (Å²) in [4.78, 5) is 28.5. The van der Waals surface area contributed by atoms with Gasteiger partial charge in [0.25, 0.3) is 5.56 Å². The number of hydrogen-bond acceptors (Lipinski definition) is 5. The molecule has 3 N–H and O–H groups in total. The van der Waals surface area contributed by atoms with E-state index < -0.39 is 24.2 Å². The minimum Gasteiger partial charge on any atom is -0.480 e. The Bertz CT molecular complexity index is 1050. The second kappa shape index (κ2) is 9.16. The zero-order chi connectivity index (χ0) is 20.8. The summed E-state index contributed by atoms with van der Waals surface area (Å²) >= 11 is 0. The molecular weight excluding hydrogens is 370 g/mol. The number of aliphatic hydroxyl groups is 1. The van der Waals surface area contributed by atoms with E-state index in [1.54, 1.807) is 31.2 Å². The highest BCUT2D eigenvalue weighted by Gasteiger charge is 2.15. The normalized spacial score (nSPS) is 11.8. The Labute approximate surface area is 168 Å². The zero-order valence-electron chi connectivity index (χ0n) is 16.1. The Morgan fingerprint density at radius 3 is 2.62 bits per heavy atom. The second-order valence-electron chi connectivity index (χ2n) is 6.74. The second-order valence-corrected chi connectivity index (χ2v) is 6.74. The van der Waals surface area contributed by atoms with E-state index in [4.69, 9.17) is 0 Å². The minimum atomic E-state index is -1.12. The molecule has 3 rings (SSSR count). The van der Waals surface area contributed by atoms with E-state index in [2.05, 4.69) is 10.3 Å². The van der Waals surface area contributed by atoms with E-state index in [-0.39, 0.29) is 5.82 Å². The fourth-order valence-electron chi connectivity index (χ4n) is 3.06. The SMILES string of the molecule is CC(O)c1cccc(-c2cnc(NCCc3ccccc3)c(=O)n2CC(=O)O)c1. The maximum atomic E-state index is 12.9. The van der Waals surface area contributed by atoms with Crippen molar-refractivity contribution < 1.29 is 15.0 Å². The van der Waals surface area contributed by atoms with Gasteiger partial charge in [-0.05, 0) is 30.5 Å². The predicted molar refractivity (Wildman–Crippen MR) is 111 cm³/mol. The van der Waals surface area contributed by atoms with Gasteiger partial charge < -0.3 is 15.5 Å². The number of hydrogen-bond donors (Lipinski definition) is 3. The van der Waals surface area contributed by atoms with Gasteiger partial charge >= 0.3 is 5.97 Å². The average molecular weight is 393 g/mol. The molecule has 0 aliphatic carbocycles. The van der Waals surface area contributed by atoms with Crippen LogP contribution in [0.1, 0.15) is 24.2 Å². The number of nitrogens with zero attached hydrogens (tertiary/aromatic N) is 2. The van der Waals surface area contributed by atoms with Crippen LogP contribution in [-0.4, -0.2) is 32.3 Å². The molecule has 0 radical (unpaired) electrons. The van der Waals surface area contributed by atoms with Crippen molar-refractivity contribution in [2.75, 3.05) is 11.9 Å². The average Bonchev–Trinajstić information content (AvgIpc) is 2.71. The van der Waals surface area contributed by atoms with Crippen molar-refractivity contribution in [1.82, 2.24) is 9.55 Å². The molecule has 3 aromatic rings. The molecule has 0 aliphatic rings. The molecule has 2 aromatic carbocycles. The number of carboxylic acid groups (broad SMARTS) is 1. The van der Waals surface area contributed by atoms with Crippen LogP contribution < -0.4 is 10.9 Å². The Morgan fingerprint density at radius 1 is 1.17 bits per heavy atom. The van der Waals surface area contributed by atoms with Crippen LogP contribution in [0, 0.1) is 0 Å². The van der Waals surface area contributed by atoms with Crippen molar-refractivity contribution in [2.45, 2.75) is 26.0 Å². The molecule has 0 aliphatic heterocycles. The fourth-order valence-corrected chi connectivity index (χ4v) is 3.06. The molecule has 0 spiro atoms. The molecule has 29 heavy (non-hydrogen) atoms. The highest BCUT2D eigenvalue weighted by Crippen LogP contribution is 2.22. The molecule has 0 amide bonds. The summed E-state index contributed by atoms with van der Waals surface area (Å²) < 4.78 is 1.18. The number of anilines is 1. The van der Waals surface area contributed by atoms with Gasteiger partial charge in [-0.2, -0.15) is 0 Å². The van der Waals surface area contributed by atoms with Gasteiger partial charge in [-0.15, -0.1) is 0 Å². The monoisotopic (exact) mass is 393 g/mol. The first-order chi connectivity index (χ1) is 14.0.